The van der Waals surface area contributed by atoms with Gasteiger partial charge in [-0.25, -0.2) is 4.68 Å². The second-order valence-corrected chi connectivity index (χ2v) is 5.87. The van der Waals surface area contributed by atoms with Gasteiger partial charge in [-0.05, 0) is 0 Å². The molecule has 10 nitrogen and oxygen atoms in total. The minimum atomic E-state index is -0.694. The first-order valence-electron chi connectivity index (χ1n) is 7.49. The lowest BCUT2D eigenvalue weighted by Crippen LogP contribution is -2.66. The Balaban J connectivity index is 1.74. The normalized spacial score (nSPS) is 21.0. The van der Waals surface area contributed by atoms with Crippen LogP contribution < -0.4 is 11.1 Å². The number of hydrogen-bond donors (Lipinski definition) is 1. The second-order valence-electron chi connectivity index (χ2n) is 5.87. The van der Waals surface area contributed by atoms with Gasteiger partial charge in [0, 0.05) is 32.3 Å². The van der Waals surface area contributed by atoms with Gasteiger partial charge in [0.2, 0.25) is 17.7 Å². The van der Waals surface area contributed by atoms with E-state index in [9.17, 15) is 24.0 Å². The number of likely N-dealkylation sites (N-methyl/N-ethyl adjacent to an activating group) is 1. The van der Waals surface area contributed by atoms with Crippen LogP contribution in [0, 0.1) is 0 Å². The number of amides is 3. The van der Waals surface area contributed by atoms with Gasteiger partial charge < -0.3 is 14.7 Å². The minimum Gasteiger partial charge on any atom is -0.337 e. The Kier molecular flexibility index (Phi) is 3.96. The molecule has 0 unspecified atom stereocenters. The molecule has 0 radical (unpaired) electrons. The molecule has 2 saturated heterocycles. The van der Waals surface area contributed by atoms with E-state index in [2.05, 4.69) is 5.10 Å². The highest BCUT2D eigenvalue weighted by Gasteiger charge is 2.42. The highest BCUT2D eigenvalue weighted by molar-refractivity contribution is 5.95. The summed E-state index contributed by atoms with van der Waals surface area (Å²) in [5, 5.41) is 2.29. The van der Waals surface area contributed by atoms with E-state index in [1.165, 1.54) is 14.7 Å². The standard InChI is InChI=1S/C14H17N5O5/c1-16-7-13(23)18-5-4-17(6-9(18)14(16)24)12(22)8-19-11(21)3-2-10(20)15-19/h2-3,9H,4-8H2,1H3,(H,15,20)/t9-/m0/s1. The summed E-state index contributed by atoms with van der Waals surface area (Å²) in [6, 6.07) is 1.48. The van der Waals surface area contributed by atoms with E-state index in [0.717, 1.165) is 16.8 Å². The molecule has 0 saturated carbocycles. The van der Waals surface area contributed by atoms with Crippen molar-refractivity contribution in [2.24, 2.45) is 0 Å². The average Bonchev–Trinajstić information content (AvgIpc) is 2.55. The number of nitrogens with one attached hydrogen (secondary N) is 1. The number of carbonyl (C=O) groups is 3. The lowest BCUT2D eigenvalue weighted by atomic mass is 10.1. The van der Waals surface area contributed by atoms with Gasteiger partial charge in [-0.1, -0.05) is 0 Å². The van der Waals surface area contributed by atoms with E-state index in [-0.39, 0.29) is 44.5 Å². The zero-order valence-corrected chi connectivity index (χ0v) is 13.1. The molecule has 1 aromatic rings. The Bertz CT molecular complexity index is 812. The summed E-state index contributed by atoms with van der Waals surface area (Å²) in [6.45, 7) is 0.363. The molecule has 2 fully saturated rings. The van der Waals surface area contributed by atoms with Gasteiger partial charge in [-0.2, -0.15) is 0 Å². The van der Waals surface area contributed by atoms with E-state index in [0.29, 0.717) is 0 Å². The fourth-order valence-electron chi connectivity index (χ4n) is 2.96. The number of aromatic nitrogens is 2. The first-order chi connectivity index (χ1) is 11.4. The van der Waals surface area contributed by atoms with E-state index in [4.69, 9.17) is 0 Å². The van der Waals surface area contributed by atoms with Crippen LogP contribution in [0.1, 0.15) is 0 Å². The summed E-state index contributed by atoms with van der Waals surface area (Å²) in [6.07, 6.45) is 0. The molecule has 3 rings (SSSR count). The lowest BCUT2D eigenvalue weighted by molar-refractivity contribution is -0.160. The molecule has 0 bridgehead atoms. The van der Waals surface area contributed by atoms with Crippen molar-refractivity contribution in [1.29, 1.82) is 0 Å². The number of H-pyrrole nitrogens is 1. The first-order valence-corrected chi connectivity index (χ1v) is 7.49. The van der Waals surface area contributed by atoms with Gasteiger partial charge in [0.15, 0.2) is 0 Å². The fourth-order valence-corrected chi connectivity index (χ4v) is 2.96. The molecule has 2 aliphatic rings. The SMILES string of the molecule is CN1CC(=O)N2CCN(C(=O)Cn3[nH]c(=O)ccc3=O)C[C@H]2C1=O. The van der Waals surface area contributed by atoms with Crippen LogP contribution in [0.25, 0.3) is 0 Å². The summed E-state index contributed by atoms with van der Waals surface area (Å²) in [5.74, 6) is -0.748. The predicted molar refractivity (Wildman–Crippen MR) is 81.0 cm³/mol. The summed E-state index contributed by atoms with van der Waals surface area (Å²) in [7, 11) is 1.55. The molecule has 0 aromatic carbocycles. The molecular weight excluding hydrogens is 318 g/mol. The van der Waals surface area contributed by atoms with Crippen LogP contribution in [0.15, 0.2) is 21.7 Å². The Morgan fingerprint density at radius 3 is 2.71 bits per heavy atom. The molecule has 0 aliphatic carbocycles. The summed E-state index contributed by atoms with van der Waals surface area (Å²) in [4.78, 5) is 63.8. The molecular formula is C14H17N5O5. The summed E-state index contributed by atoms with van der Waals surface area (Å²) < 4.78 is 0.928. The number of rotatable bonds is 2. The molecule has 1 atom stereocenters. The second kappa shape index (κ2) is 5.95. The topological polar surface area (TPSA) is 116 Å². The molecule has 1 N–H and O–H groups in total. The van der Waals surface area contributed by atoms with Gasteiger partial charge >= 0.3 is 0 Å². The molecule has 3 amide bonds. The number of hydrogen-bond acceptors (Lipinski definition) is 5. The van der Waals surface area contributed by atoms with E-state index < -0.39 is 23.1 Å². The van der Waals surface area contributed by atoms with Crippen molar-refractivity contribution in [3.63, 3.8) is 0 Å². The van der Waals surface area contributed by atoms with Crippen molar-refractivity contribution in [2.45, 2.75) is 12.6 Å². The van der Waals surface area contributed by atoms with Crippen LogP contribution in [0.5, 0.6) is 0 Å². The van der Waals surface area contributed by atoms with Crippen LogP contribution in [-0.4, -0.2) is 81.5 Å². The van der Waals surface area contributed by atoms with Crippen LogP contribution >= 0.6 is 0 Å². The first kappa shape index (κ1) is 16.0. The monoisotopic (exact) mass is 335 g/mol. The van der Waals surface area contributed by atoms with Crippen LogP contribution in [0.4, 0.5) is 0 Å². The third kappa shape index (κ3) is 2.82. The van der Waals surface area contributed by atoms with Gasteiger partial charge in [-0.3, -0.25) is 29.1 Å². The van der Waals surface area contributed by atoms with Gasteiger partial charge in [0.1, 0.15) is 12.6 Å². The smallest absolute Gasteiger partial charge is 0.265 e. The van der Waals surface area contributed by atoms with Crippen LogP contribution in [0.2, 0.25) is 0 Å². The molecule has 1 aromatic heterocycles. The molecule has 0 spiro atoms. The van der Waals surface area contributed by atoms with Gasteiger partial charge in [0.25, 0.3) is 11.1 Å². The van der Waals surface area contributed by atoms with Gasteiger partial charge in [-0.15, -0.1) is 0 Å². The molecule has 3 heterocycles. The molecule has 128 valence electrons. The quantitative estimate of drug-likeness (QED) is 0.620. The maximum atomic E-state index is 12.4. The summed E-state index contributed by atoms with van der Waals surface area (Å²) >= 11 is 0. The number of fused-ring (bicyclic) bond motifs is 1. The van der Waals surface area contributed by atoms with E-state index in [1.807, 2.05) is 0 Å². The van der Waals surface area contributed by atoms with Crippen LogP contribution in [0.3, 0.4) is 0 Å². The van der Waals surface area contributed by atoms with Crippen molar-refractivity contribution < 1.29 is 14.4 Å². The Labute approximate surface area is 136 Å². The average molecular weight is 335 g/mol. The number of carbonyl (C=O) groups excluding carboxylic acids is 3. The minimum absolute atomic E-state index is 0.0456. The zero-order valence-electron chi connectivity index (χ0n) is 13.1. The lowest BCUT2D eigenvalue weighted by Gasteiger charge is -2.45. The predicted octanol–water partition coefficient (Wildman–Crippen LogP) is -2.95. The van der Waals surface area contributed by atoms with Crippen LogP contribution in [-0.2, 0) is 20.9 Å². The van der Waals surface area contributed by atoms with E-state index in [1.54, 1.807) is 7.05 Å². The fraction of sp³-hybridized carbons (Fsp3) is 0.500. The Morgan fingerprint density at radius 1 is 1.21 bits per heavy atom. The van der Waals surface area contributed by atoms with Crippen molar-refractivity contribution >= 4 is 17.7 Å². The molecule has 10 heteroatoms. The van der Waals surface area contributed by atoms with Crippen molar-refractivity contribution in [3.8, 4) is 0 Å². The molecule has 2 aliphatic heterocycles. The highest BCUT2D eigenvalue weighted by Crippen LogP contribution is 2.17. The van der Waals surface area contributed by atoms with Crippen molar-refractivity contribution in [2.75, 3.05) is 33.2 Å². The Morgan fingerprint density at radius 2 is 1.96 bits per heavy atom. The number of piperazine rings is 2. The maximum absolute atomic E-state index is 12.4. The highest BCUT2D eigenvalue weighted by atomic mass is 16.2. The third-order valence-electron chi connectivity index (χ3n) is 4.27. The zero-order chi connectivity index (χ0) is 17.4. The van der Waals surface area contributed by atoms with E-state index >= 15 is 0 Å². The number of nitrogens with zero attached hydrogens (tertiary/aromatic N) is 4. The third-order valence-corrected chi connectivity index (χ3v) is 4.27. The largest absolute Gasteiger partial charge is 0.337 e. The number of aromatic amines is 1. The Hall–Kier alpha value is -2.91. The maximum Gasteiger partial charge on any atom is 0.265 e. The summed E-state index contributed by atoms with van der Waals surface area (Å²) in [5.41, 5.74) is -0.980. The van der Waals surface area contributed by atoms with Crippen molar-refractivity contribution in [3.05, 3.63) is 32.8 Å². The van der Waals surface area contributed by atoms with Gasteiger partial charge in [0.05, 0.1) is 13.1 Å². The molecule has 24 heavy (non-hydrogen) atoms. The van der Waals surface area contributed by atoms with Crippen molar-refractivity contribution in [1.82, 2.24) is 24.5 Å².